The molecule has 28 heavy (non-hydrogen) atoms. The Morgan fingerprint density at radius 1 is 1.25 bits per heavy atom. The molecular weight excluding hydrogens is 360 g/mol. The average molecular weight is 386 g/mol. The van der Waals surface area contributed by atoms with E-state index in [1.165, 1.54) is 0 Å². The Morgan fingerprint density at radius 2 is 1.96 bits per heavy atom. The summed E-state index contributed by atoms with van der Waals surface area (Å²) in [6.07, 6.45) is 3.00. The second kappa shape index (κ2) is 6.42. The van der Waals surface area contributed by atoms with Crippen molar-refractivity contribution in [2.24, 2.45) is 16.7 Å². The van der Waals surface area contributed by atoms with Crippen LogP contribution < -0.4 is 0 Å². The number of hydrogen-bond donors (Lipinski definition) is 2. The summed E-state index contributed by atoms with van der Waals surface area (Å²) in [7, 11) is 0. The van der Waals surface area contributed by atoms with Gasteiger partial charge >= 0.3 is 11.9 Å². The molecule has 150 valence electrons. The van der Waals surface area contributed by atoms with E-state index in [1.807, 2.05) is 19.9 Å². The first-order valence-electron chi connectivity index (χ1n) is 9.74. The largest absolute Gasteiger partial charge is 0.459 e. The van der Waals surface area contributed by atoms with E-state index >= 15 is 0 Å². The van der Waals surface area contributed by atoms with E-state index in [2.05, 4.69) is 0 Å². The van der Waals surface area contributed by atoms with Crippen LogP contribution in [0.5, 0.6) is 0 Å². The van der Waals surface area contributed by atoms with Crippen LogP contribution in [-0.4, -0.2) is 47.1 Å². The number of rotatable bonds is 3. The summed E-state index contributed by atoms with van der Waals surface area (Å²) < 4.78 is 11.1. The van der Waals surface area contributed by atoms with Crippen LogP contribution in [0.1, 0.15) is 43.5 Å². The van der Waals surface area contributed by atoms with Gasteiger partial charge in [-0.2, -0.15) is 0 Å². The first kappa shape index (κ1) is 19.2. The van der Waals surface area contributed by atoms with Gasteiger partial charge in [0.2, 0.25) is 0 Å². The molecule has 2 fully saturated rings. The highest BCUT2D eigenvalue weighted by molar-refractivity contribution is 5.94. The van der Waals surface area contributed by atoms with Crippen LogP contribution in [-0.2, 0) is 14.3 Å². The van der Waals surface area contributed by atoms with Gasteiger partial charge in [0.25, 0.3) is 0 Å². The third-order valence-electron chi connectivity index (χ3n) is 7.18. The van der Waals surface area contributed by atoms with Crippen LogP contribution >= 0.6 is 0 Å². The first-order valence-corrected chi connectivity index (χ1v) is 9.74. The predicted octanol–water partition coefficient (Wildman–Crippen LogP) is 2.24. The molecule has 6 nitrogen and oxygen atoms in total. The summed E-state index contributed by atoms with van der Waals surface area (Å²) >= 11 is 0. The monoisotopic (exact) mass is 386 g/mol. The van der Waals surface area contributed by atoms with E-state index in [4.69, 9.17) is 9.47 Å². The lowest BCUT2D eigenvalue weighted by atomic mass is 9.46. The Labute approximate surface area is 164 Å². The van der Waals surface area contributed by atoms with Gasteiger partial charge in [-0.05, 0) is 36.5 Å². The Morgan fingerprint density at radius 3 is 2.64 bits per heavy atom. The molecule has 1 aliphatic heterocycles. The van der Waals surface area contributed by atoms with Crippen molar-refractivity contribution in [1.29, 1.82) is 0 Å². The molecular formula is C22H26O6. The lowest BCUT2D eigenvalue weighted by Gasteiger charge is -2.60. The fraction of sp³-hybridized carbons (Fsp3) is 0.545. The summed E-state index contributed by atoms with van der Waals surface area (Å²) in [4.78, 5) is 25.1. The predicted molar refractivity (Wildman–Crippen MR) is 100 cm³/mol. The van der Waals surface area contributed by atoms with Crippen molar-refractivity contribution in [3.05, 3.63) is 47.5 Å². The summed E-state index contributed by atoms with van der Waals surface area (Å²) in [5.74, 6) is -1.42. The number of carbonyl (C=O) groups is 2. The number of aliphatic hydroxyl groups excluding tert-OH is 1. The minimum Gasteiger partial charge on any atom is -0.459 e. The van der Waals surface area contributed by atoms with Crippen molar-refractivity contribution in [2.75, 3.05) is 13.2 Å². The molecule has 3 aliphatic rings. The van der Waals surface area contributed by atoms with E-state index in [9.17, 15) is 19.8 Å². The average Bonchev–Trinajstić information content (AvgIpc) is 2.98. The maximum atomic E-state index is 12.8. The molecule has 1 aromatic rings. The quantitative estimate of drug-likeness (QED) is 0.774. The molecule has 0 radical (unpaired) electrons. The number of cyclic esters (lactones) is 1. The first-order chi connectivity index (χ1) is 13.2. The normalized spacial score (nSPS) is 39.4. The van der Waals surface area contributed by atoms with Gasteiger partial charge in [-0.3, -0.25) is 0 Å². The maximum absolute atomic E-state index is 12.8. The summed E-state index contributed by atoms with van der Waals surface area (Å²) in [6, 6.07) is 8.67. The SMILES string of the molecule is C[C@@]1(CO)CCC[C@]2(C)[C@@H]1[C@H](OC(=O)c1ccccc1)C=C1C(=O)OC[C@@]12O. The molecule has 0 bridgehead atoms. The van der Waals surface area contributed by atoms with E-state index in [-0.39, 0.29) is 24.7 Å². The number of fused-ring (bicyclic) bond motifs is 3. The van der Waals surface area contributed by atoms with Gasteiger partial charge in [-0.15, -0.1) is 0 Å². The number of carbonyl (C=O) groups excluding carboxylic acids is 2. The molecule has 0 aromatic heterocycles. The van der Waals surface area contributed by atoms with Crippen LogP contribution in [0.3, 0.4) is 0 Å². The fourth-order valence-corrected chi connectivity index (χ4v) is 5.64. The highest BCUT2D eigenvalue weighted by atomic mass is 16.6. The molecule has 0 unspecified atom stereocenters. The van der Waals surface area contributed by atoms with Gasteiger partial charge in [-0.1, -0.05) is 38.5 Å². The molecule has 2 aliphatic carbocycles. The van der Waals surface area contributed by atoms with Crippen molar-refractivity contribution in [2.45, 2.75) is 44.8 Å². The second-order valence-corrected chi connectivity index (χ2v) is 8.81. The number of aliphatic hydroxyl groups is 2. The van der Waals surface area contributed by atoms with Gasteiger partial charge in [0, 0.05) is 17.9 Å². The second-order valence-electron chi connectivity index (χ2n) is 8.81. The van der Waals surface area contributed by atoms with E-state index in [1.54, 1.807) is 30.3 Å². The summed E-state index contributed by atoms with van der Waals surface area (Å²) in [5, 5.41) is 21.7. The Hall–Kier alpha value is -2.18. The molecule has 0 amide bonds. The van der Waals surface area contributed by atoms with Crippen LogP contribution in [0.15, 0.2) is 42.0 Å². The Bertz CT molecular complexity index is 833. The fourth-order valence-electron chi connectivity index (χ4n) is 5.64. The van der Waals surface area contributed by atoms with E-state index < -0.39 is 34.5 Å². The lowest BCUT2D eigenvalue weighted by molar-refractivity contribution is -0.185. The van der Waals surface area contributed by atoms with Gasteiger partial charge in [-0.25, -0.2) is 9.59 Å². The zero-order chi connectivity index (χ0) is 20.2. The van der Waals surface area contributed by atoms with Crippen molar-refractivity contribution in [1.82, 2.24) is 0 Å². The number of esters is 2. The van der Waals surface area contributed by atoms with E-state index in [0.717, 1.165) is 12.8 Å². The van der Waals surface area contributed by atoms with Crippen LogP contribution in [0.4, 0.5) is 0 Å². The number of hydrogen-bond acceptors (Lipinski definition) is 6. The van der Waals surface area contributed by atoms with Gasteiger partial charge < -0.3 is 19.7 Å². The van der Waals surface area contributed by atoms with Gasteiger partial charge in [0.1, 0.15) is 18.3 Å². The Kier molecular flexibility index (Phi) is 4.39. The molecule has 5 atom stereocenters. The number of benzene rings is 1. The molecule has 1 aromatic carbocycles. The van der Waals surface area contributed by atoms with Crippen molar-refractivity contribution < 1.29 is 29.3 Å². The van der Waals surface area contributed by atoms with Crippen LogP contribution in [0.25, 0.3) is 0 Å². The smallest absolute Gasteiger partial charge is 0.338 e. The summed E-state index contributed by atoms with van der Waals surface area (Å²) in [5.41, 5.74) is -2.18. The third kappa shape index (κ3) is 2.54. The Balaban J connectivity index is 1.80. The molecule has 1 saturated heterocycles. The third-order valence-corrected chi connectivity index (χ3v) is 7.18. The van der Waals surface area contributed by atoms with Crippen LogP contribution in [0.2, 0.25) is 0 Å². The molecule has 6 heteroatoms. The number of ether oxygens (including phenoxy) is 2. The molecule has 4 rings (SSSR count). The zero-order valence-electron chi connectivity index (χ0n) is 16.2. The summed E-state index contributed by atoms with van der Waals surface area (Å²) in [6.45, 7) is 3.67. The maximum Gasteiger partial charge on any atom is 0.338 e. The van der Waals surface area contributed by atoms with Crippen molar-refractivity contribution in [3.8, 4) is 0 Å². The minimum atomic E-state index is -1.44. The van der Waals surface area contributed by atoms with Gasteiger partial charge in [0.05, 0.1) is 11.1 Å². The zero-order valence-corrected chi connectivity index (χ0v) is 16.2. The molecule has 1 heterocycles. The topological polar surface area (TPSA) is 93.1 Å². The van der Waals surface area contributed by atoms with Gasteiger partial charge in [0.15, 0.2) is 0 Å². The van der Waals surface area contributed by atoms with Crippen molar-refractivity contribution >= 4 is 11.9 Å². The standard InChI is InChI=1S/C22H26O6/c1-20(12-23)9-6-10-21(2)17(20)16(11-15-19(25)27-13-22(15,21)26)28-18(24)14-7-4-3-5-8-14/h3-5,7-8,11,16-17,23,26H,6,9-10,12-13H2,1-2H3/t16-,17-,20+,21-,22-/m1/s1. The van der Waals surface area contributed by atoms with Crippen LogP contribution in [0, 0.1) is 16.7 Å². The highest BCUT2D eigenvalue weighted by Gasteiger charge is 2.68. The van der Waals surface area contributed by atoms with E-state index in [0.29, 0.717) is 12.0 Å². The molecule has 2 N–H and O–H groups in total. The highest BCUT2D eigenvalue weighted by Crippen LogP contribution is 2.63. The molecule has 0 spiro atoms. The minimum absolute atomic E-state index is 0.0965. The van der Waals surface area contributed by atoms with Crippen molar-refractivity contribution in [3.63, 3.8) is 0 Å². The molecule has 1 saturated carbocycles. The lowest BCUT2D eigenvalue weighted by Crippen LogP contribution is -2.65.